The third-order valence-electron chi connectivity index (χ3n) is 4.57. The van der Waals surface area contributed by atoms with E-state index in [0.717, 1.165) is 17.7 Å². The van der Waals surface area contributed by atoms with Gasteiger partial charge >= 0.3 is 6.18 Å². The predicted molar refractivity (Wildman–Crippen MR) is 125 cm³/mol. The molecule has 0 radical (unpaired) electrons. The molecule has 5 nitrogen and oxygen atoms in total. The number of thiocarbonyl (C=S) groups is 1. The molecule has 33 heavy (non-hydrogen) atoms. The summed E-state index contributed by atoms with van der Waals surface area (Å²) in [6.07, 6.45) is -3.68. The molecule has 170 valence electrons. The smallest absolute Gasteiger partial charge is 0.332 e. The molecule has 0 aromatic heterocycles. The lowest BCUT2D eigenvalue weighted by molar-refractivity contribution is -0.137. The van der Waals surface area contributed by atoms with Gasteiger partial charge in [-0.15, -0.1) is 0 Å². The minimum absolute atomic E-state index is 0.0226. The maximum Gasteiger partial charge on any atom is 0.416 e. The molecule has 0 fully saturated rings. The van der Waals surface area contributed by atoms with Crippen LogP contribution < -0.4 is 16.0 Å². The number of hydrogen-bond acceptors (Lipinski definition) is 3. The Morgan fingerprint density at radius 2 is 1.48 bits per heavy atom. The van der Waals surface area contributed by atoms with Gasteiger partial charge in [-0.1, -0.05) is 42.5 Å². The molecule has 0 aliphatic carbocycles. The first kappa shape index (κ1) is 23.9. The van der Waals surface area contributed by atoms with Crippen molar-refractivity contribution < 1.29 is 22.8 Å². The standard InChI is InChI=1S/C24H20F3N3O2S/c25-24(26,27)18-9-5-11-20(15-18)28-22(32)17-8-4-10-19(14-17)29-23(33)30-21(31)13-12-16-6-2-1-3-7-16/h1-11,14-15H,12-13H2,(H,28,32)(H2,29,30,31,33). The van der Waals surface area contributed by atoms with Crippen LogP contribution in [0.2, 0.25) is 0 Å². The number of benzene rings is 3. The summed E-state index contributed by atoms with van der Waals surface area (Å²) in [4.78, 5) is 24.6. The van der Waals surface area contributed by atoms with Gasteiger partial charge in [-0.05, 0) is 60.6 Å². The van der Waals surface area contributed by atoms with Crippen LogP contribution in [0.3, 0.4) is 0 Å². The molecule has 2 amide bonds. The molecule has 0 heterocycles. The van der Waals surface area contributed by atoms with E-state index >= 15 is 0 Å². The summed E-state index contributed by atoms with van der Waals surface area (Å²) in [5, 5.41) is 7.93. The lowest BCUT2D eigenvalue weighted by atomic mass is 10.1. The van der Waals surface area contributed by atoms with Crippen LogP contribution >= 0.6 is 12.2 Å². The van der Waals surface area contributed by atoms with Crippen molar-refractivity contribution in [3.05, 3.63) is 95.6 Å². The Balaban J connectivity index is 1.56. The van der Waals surface area contributed by atoms with E-state index < -0.39 is 17.6 Å². The van der Waals surface area contributed by atoms with Crippen molar-refractivity contribution >= 4 is 40.5 Å². The zero-order valence-corrected chi connectivity index (χ0v) is 18.1. The second kappa shape index (κ2) is 10.7. The van der Waals surface area contributed by atoms with Crippen LogP contribution in [0.4, 0.5) is 24.5 Å². The summed E-state index contributed by atoms with van der Waals surface area (Å²) < 4.78 is 38.6. The maximum absolute atomic E-state index is 12.9. The molecule has 0 atom stereocenters. The Bertz CT molecular complexity index is 1150. The van der Waals surface area contributed by atoms with Crippen LogP contribution in [0.5, 0.6) is 0 Å². The Labute approximate surface area is 194 Å². The first-order valence-electron chi connectivity index (χ1n) is 9.94. The lowest BCUT2D eigenvalue weighted by Crippen LogP contribution is -2.34. The van der Waals surface area contributed by atoms with Gasteiger partial charge < -0.3 is 16.0 Å². The number of aryl methyl sites for hydroxylation is 1. The Hall–Kier alpha value is -3.72. The van der Waals surface area contributed by atoms with E-state index in [1.807, 2.05) is 30.3 Å². The van der Waals surface area contributed by atoms with Gasteiger partial charge in [-0.2, -0.15) is 13.2 Å². The molecule has 3 N–H and O–H groups in total. The number of hydrogen-bond donors (Lipinski definition) is 3. The SMILES string of the molecule is O=C(CCc1ccccc1)NC(=S)Nc1cccc(C(=O)Nc2cccc(C(F)(F)F)c2)c1. The van der Waals surface area contributed by atoms with Crippen LogP contribution in [0.25, 0.3) is 0 Å². The highest BCUT2D eigenvalue weighted by molar-refractivity contribution is 7.80. The molecule has 0 saturated heterocycles. The Morgan fingerprint density at radius 3 is 2.18 bits per heavy atom. The topological polar surface area (TPSA) is 70.2 Å². The van der Waals surface area contributed by atoms with Crippen molar-refractivity contribution in [3.8, 4) is 0 Å². The number of carbonyl (C=O) groups excluding carboxylic acids is 2. The van der Waals surface area contributed by atoms with E-state index in [4.69, 9.17) is 12.2 Å². The average Bonchev–Trinajstić information content (AvgIpc) is 2.78. The number of halogens is 3. The third kappa shape index (κ3) is 7.43. The number of rotatable bonds is 6. The van der Waals surface area contributed by atoms with E-state index in [2.05, 4.69) is 16.0 Å². The van der Waals surface area contributed by atoms with Gasteiger partial charge in [0.25, 0.3) is 5.91 Å². The van der Waals surface area contributed by atoms with Gasteiger partial charge in [-0.3, -0.25) is 9.59 Å². The molecule has 0 unspecified atom stereocenters. The van der Waals surface area contributed by atoms with Crippen LogP contribution in [0.1, 0.15) is 27.9 Å². The van der Waals surface area contributed by atoms with Crippen LogP contribution in [0, 0.1) is 0 Å². The molecule has 0 bridgehead atoms. The van der Waals surface area contributed by atoms with E-state index in [-0.39, 0.29) is 28.7 Å². The third-order valence-corrected chi connectivity index (χ3v) is 4.77. The summed E-state index contributed by atoms with van der Waals surface area (Å²) >= 11 is 5.16. The maximum atomic E-state index is 12.9. The molecule has 3 aromatic rings. The van der Waals surface area contributed by atoms with E-state index in [1.165, 1.54) is 24.3 Å². The summed E-state index contributed by atoms with van der Waals surface area (Å²) in [5.41, 5.74) is 0.847. The lowest BCUT2D eigenvalue weighted by Gasteiger charge is -2.12. The zero-order valence-electron chi connectivity index (χ0n) is 17.3. The molecule has 0 saturated carbocycles. The molecule has 9 heteroatoms. The normalized spacial score (nSPS) is 10.9. The molecule has 3 rings (SSSR count). The summed E-state index contributed by atoms with van der Waals surface area (Å²) in [5.74, 6) is -0.842. The summed E-state index contributed by atoms with van der Waals surface area (Å²) in [7, 11) is 0. The highest BCUT2D eigenvalue weighted by Gasteiger charge is 2.30. The number of carbonyl (C=O) groups is 2. The molecule has 0 spiro atoms. The van der Waals surface area contributed by atoms with Gasteiger partial charge in [-0.25, -0.2) is 0 Å². The Kier molecular flexibility index (Phi) is 7.78. The summed E-state index contributed by atoms with van der Waals surface area (Å²) in [6.45, 7) is 0. The van der Waals surface area contributed by atoms with Gasteiger partial charge in [0.15, 0.2) is 5.11 Å². The average molecular weight is 472 g/mol. The number of alkyl halides is 3. The molecule has 0 aliphatic rings. The van der Waals surface area contributed by atoms with Crippen molar-refractivity contribution in [3.63, 3.8) is 0 Å². The number of anilines is 2. The van der Waals surface area contributed by atoms with Gasteiger partial charge in [0.1, 0.15) is 0 Å². The first-order chi connectivity index (χ1) is 15.7. The monoisotopic (exact) mass is 471 g/mol. The highest BCUT2D eigenvalue weighted by atomic mass is 32.1. The Morgan fingerprint density at radius 1 is 0.818 bits per heavy atom. The van der Waals surface area contributed by atoms with Crippen LogP contribution in [0.15, 0.2) is 78.9 Å². The fraction of sp³-hybridized carbons (Fsp3) is 0.125. The van der Waals surface area contributed by atoms with Crippen molar-refractivity contribution in [2.24, 2.45) is 0 Å². The number of amides is 2. The molecular weight excluding hydrogens is 451 g/mol. The fourth-order valence-corrected chi connectivity index (χ4v) is 3.20. The van der Waals surface area contributed by atoms with Gasteiger partial charge in [0.2, 0.25) is 5.91 Å². The minimum atomic E-state index is -4.51. The quantitative estimate of drug-likeness (QED) is 0.421. The molecule has 0 aliphatic heterocycles. The highest BCUT2D eigenvalue weighted by Crippen LogP contribution is 2.30. The molecule has 3 aromatic carbocycles. The van der Waals surface area contributed by atoms with Gasteiger partial charge in [0.05, 0.1) is 5.56 Å². The van der Waals surface area contributed by atoms with Crippen LogP contribution in [-0.2, 0) is 17.4 Å². The fourth-order valence-electron chi connectivity index (χ4n) is 2.97. The largest absolute Gasteiger partial charge is 0.416 e. The second-order valence-corrected chi connectivity index (χ2v) is 7.51. The zero-order chi connectivity index (χ0) is 23.8. The summed E-state index contributed by atoms with van der Waals surface area (Å²) in [6, 6.07) is 20.1. The number of nitrogens with one attached hydrogen (secondary N) is 3. The first-order valence-corrected chi connectivity index (χ1v) is 10.3. The molecular formula is C24H20F3N3O2S. The van der Waals surface area contributed by atoms with E-state index in [0.29, 0.717) is 12.1 Å². The van der Waals surface area contributed by atoms with E-state index in [9.17, 15) is 22.8 Å². The van der Waals surface area contributed by atoms with Crippen molar-refractivity contribution in [2.45, 2.75) is 19.0 Å². The van der Waals surface area contributed by atoms with Crippen molar-refractivity contribution in [1.29, 1.82) is 0 Å². The van der Waals surface area contributed by atoms with Crippen LogP contribution in [-0.4, -0.2) is 16.9 Å². The van der Waals surface area contributed by atoms with E-state index in [1.54, 1.807) is 12.1 Å². The van der Waals surface area contributed by atoms with Crippen molar-refractivity contribution in [2.75, 3.05) is 10.6 Å². The minimum Gasteiger partial charge on any atom is -0.332 e. The van der Waals surface area contributed by atoms with Gasteiger partial charge in [0, 0.05) is 23.4 Å². The predicted octanol–water partition coefficient (Wildman–Crippen LogP) is 5.40. The second-order valence-electron chi connectivity index (χ2n) is 7.10. The van der Waals surface area contributed by atoms with Crippen molar-refractivity contribution in [1.82, 2.24) is 5.32 Å².